The van der Waals surface area contributed by atoms with Crippen molar-refractivity contribution in [2.45, 2.75) is 19.8 Å². The highest BCUT2D eigenvalue weighted by Crippen LogP contribution is 2.15. The van der Waals surface area contributed by atoms with Gasteiger partial charge in [0.15, 0.2) is 5.78 Å². The summed E-state index contributed by atoms with van der Waals surface area (Å²) in [4.78, 5) is 22.9. The highest BCUT2D eigenvalue weighted by atomic mass is 19.3. The first-order valence-corrected chi connectivity index (χ1v) is 5.76. The van der Waals surface area contributed by atoms with Crippen LogP contribution in [0.25, 0.3) is 0 Å². The van der Waals surface area contributed by atoms with Gasteiger partial charge in [-0.3, -0.25) is 9.59 Å². The van der Waals surface area contributed by atoms with Crippen LogP contribution >= 0.6 is 0 Å². The normalized spacial score (nSPS) is 10.5. The molecule has 1 N–H and O–H groups in total. The molecule has 0 saturated carbocycles. The molecule has 104 valence electrons. The van der Waals surface area contributed by atoms with Crippen molar-refractivity contribution < 1.29 is 23.1 Å². The van der Waals surface area contributed by atoms with Gasteiger partial charge in [-0.2, -0.15) is 0 Å². The molecule has 4 nitrogen and oxygen atoms in total. The molecule has 0 aliphatic heterocycles. The number of hydrogen-bond acceptors (Lipinski definition) is 3. The number of para-hydroxylation sites is 1. The maximum absolute atomic E-state index is 11.8. The Hall–Kier alpha value is -1.82. The molecule has 0 heterocycles. The largest absolute Gasteiger partial charge is 0.375 e. The molecule has 1 rings (SSSR count). The molecule has 1 amide bonds. The van der Waals surface area contributed by atoms with Gasteiger partial charge < -0.3 is 10.1 Å². The fourth-order valence-corrected chi connectivity index (χ4v) is 1.45. The number of rotatable bonds is 7. The van der Waals surface area contributed by atoms with E-state index in [2.05, 4.69) is 10.1 Å². The standard InChI is InChI=1S/C13H15F2NO3/c1-9(17)10-4-2-3-5-11(10)16-13(18)6-7-19-8-12(14)15/h2-5,12H,6-8H2,1H3,(H,16,18). The lowest BCUT2D eigenvalue weighted by molar-refractivity contribution is -0.117. The Morgan fingerprint density at radius 2 is 2.00 bits per heavy atom. The quantitative estimate of drug-likeness (QED) is 0.612. The molecule has 0 aromatic heterocycles. The number of benzene rings is 1. The van der Waals surface area contributed by atoms with E-state index in [1.54, 1.807) is 24.3 Å². The van der Waals surface area contributed by atoms with Gasteiger partial charge in [0.1, 0.15) is 6.61 Å². The van der Waals surface area contributed by atoms with Gasteiger partial charge in [-0.15, -0.1) is 0 Å². The third-order valence-corrected chi connectivity index (χ3v) is 2.30. The Kier molecular flexibility index (Phi) is 6.08. The summed E-state index contributed by atoms with van der Waals surface area (Å²) in [5.74, 6) is -0.548. The zero-order valence-corrected chi connectivity index (χ0v) is 10.5. The Morgan fingerprint density at radius 3 is 2.63 bits per heavy atom. The fourth-order valence-electron chi connectivity index (χ4n) is 1.45. The molecule has 1 aromatic rings. The van der Waals surface area contributed by atoms with Crippen molar-refractivity contribution >= 4 is 17.4 Å². The third kappa shape index (κ3) is 5.56. The number of halogens is 2. The van der Waals surface area contributed by atoms with Crippen LogP contribution in [0.15, 0.2) is 24.3 Å². The Labute approximate surface area is 109 Å². The number of alkyl halides is 2. The van der Waals surface area contributed by atoms with Crippen molar-refractivity contribution in [2.75, 3.05) is 18.5 Å². The molecule has 0 unspecified atom stereocenters. The number of anilines is 1. The van der Waals surface area contributed by atoms with Crippen LogP contribution in [0.1, 0.15) is 23.7 Å². The molecule has 6 heteroatoms. The van der Waals surface area contributed by atoms with Gasteiger partial charge in [-0.25, -0.2) is 8.78 Å². The Balaban J connectivity index is 2.46. The lowest BCUT2D eigenvalue weighted by Gasteiger charge is -2.09. The van der Waals surface area contributed by atoms with E-state index < -0.39 is 13.0 Å². The van der Waals surface area contributed by atoms with E-state index in [1.165, 1.54) is 6.92 Å². The maximum Gasteiger partial charge on any atom is 0.261 e. The summed E-state index contributed by atoms with van der Waals surface area (Å²) in [6.07, 6.45) is -2.58. The second-order valence-corrected chi connectivity index (χ2v) is 3.87. The minimum atomic E-state index is -2.54. The van der Waals surface area contributed by atoms with Crippen LogP contribution in [0, 0.1) is 0 Å². The van der Waals surface area contributed by atoms with Gasteiger partial charge in [0.25, 0.3) is 6.43 Å². The molecule has 0 spiro atoms. The molecule has 1 aromatic carbocycles. The zero-order chi connectivity index (χ0) is 14.3. The number of carbonyl (C=O) groups is 2. The van der Waals surface area contributed by atoms with Crippen molar-refractivity contribution in [1.82, 2.24) is 0 Å². The molecule has 0 radical (unpaired) electrons. The number of hydrogen-bond donors (Lipinski definition) is 1. The summed E-state index contributed by atoms with van der Waals surface area (Å²) in [5, 5.41) is 2.55. The van der Waals surface area contributed by atoms with E-state index in [1.807, 2.05) is 0 Å². The number of nitrogens with one attached hydrogen (secondary N) is 1. The average molecular weight is 271 g/mol. The van der Waals surface area contributed by atoms with Crippen LogP contribution in [0.5, 0.6) is 0 Å². The Bertz CT molecular complexity index is 449. The highest BCUT2D eigenvalue weighted by molar-refractivity contribution is 6.03. The van der Waals surface area contributed by atoms with Gasteiger partial charge in [0, 0.05) is 5.56 Å². The summed E-state index contributed by atoms with van der Waals surface area (Å²) >= 11 is 0. The Morgan fingerprint density at radius 1 is 1.32 bits per heavy atom. The molecule has 0 bridgehead atoms. The van der Waals surface area contributed by atoms with Crippen LogP contribution in [0.4, 0.5) is 14.5 Å². The van der Waals surface area contributed by atoms with E-state index in [0.717, 1.165) is 0 Å². The van der Waals surface area contributed by atoms with Crippen LogP contribution in [0.3, 0.4) is 0 Å². The van der Waals surface area contributed by atoms with E-state index in [-0.39, 0.29) is 24.7 Å². The monoisotopic (exact) mass is 271 g/mol. The highest BCUT2D eigenvalue weighted by Gasteiger charge is 2.10. The van der Waals surface area contributed by atoms with Crippen LogP contribution in [0.2, 0.25) is 0 Å². The lowest BCUT2D eigenvalue weighted by Crippen LogP contribution is -2.17. The van der Waals surface area contributed by atoms with Gasteiger partial charge in [-0.05, 0) is 19.1 Å². The molecule has 0 aliphatic rings. The van der Waals surface area contributed by atoms with Crippen molar-refractivity contribution in [2.24, 2.45) is 0 Å². The third-order valence-electron chi connectivity index (χ3n) is 2.30. The molecular formula is C13H15F2NO3. The van der Waals surface area contributed by atoms with Gasteiger partial charge >= 0.3 is 0 Å². The van der Waals surface area contributed by atoms with E-state index in [9.17, 15) is 18.4 Å². The number of amides is 1. The fraction of sp³-hybridized carbons (Fsp3) is 0.385. The van der Waals surface area contributed by atoms with Gasteiger partial charge in [-0.1, -0.05) is 12.1 Å². The summed E-state index contributed by atoms with van der Waals surface area (Å²) in [6.45, 7) is 0.631. The second kappa shape index (κ2) is 7.58. The number of Topliss-reactive ketones (excluding diaryl/α,β-unsaturated/α-hetero) is 1. The summed E-state index contributed by atoms with van der Waals surface area (Å²) in [7, 11) is 0. The minimum absolute atomic E-state index is 0.0427. The molecule has 0 fully saturated rings. The van der Waals surface area contributed by atoms with E-state index >= 15 is 0 Å². The lowest BCUT2D eigenvalue weighted by atomic mass is 10.1. The molecule has 0 atom stereocenters. The predicted octanol–water partition coefficient (Wildman–Crippen LogP) is 2.50. The topological polar surface area (TPSA) is 55.4 Å². The van der Waals surface area contributed by atoms with Crippen molar-refractivity contribution in [3.8, 4) is 0 Å². The first-order chi connectivity index (χ1) is 9.00. The minimum Gasteiger partial charge on any atom is -0.375 e. The first kappa shape index (κ1) is 15.2. The summed E-state index contributed by atoms with van der Waals surface area (Å²) in [6, 6.07) is 6.59. The summed E-state index contributed by atoms with van der Waals surface area (Å²) < 4.78 is 28.2. The predicted molar refractivity (Wildman–Crippen MR) is 66.5 cm³/mol. The van der Waals surface area contributed by atoms with Crippen LogP contribution < -0.4 is 5.32 Å². The number of ether oxygens (including phenoxy) is 1. The maximum atomic E-state index is 11.8. The molecule has 0 aliphatic carbocycles. The van der Waals surface area contributed by atoms with E-state index in [0.29, 0.717) is 11.3 Å². The SMILES string of the molecule is CC(=O)c1ccccc1NC(=O)CCOCC(F)F. The van der Waals surface area contributed by atoms with Crippen molar-refractivity contribution in [3.63, 3.8) is 0 Å². The van der Waals surface area contributed by atoms with Gasteiger partial charge in [0.2, 0.25) is 5.91 Å². The van der Waals surface area contributed by atoms with Crippen molar-refractivity contribution in [1.29, 1.82) is 0 Å². The van der Waals surface area contributed by atoms with Gasteiger partial charge in [0.05, 0.1) is 18.7 Å². The second-order valence-electron chi connectivity index (χ2n) is 3.87. The van der Waals surface area contributed by atoms with Crippen LogP contribution in [-0.4, -0.2) is 31.3 Å². The number of carbonyl (C=O) groups excluding carboxylic acids is 2. The van der Waals surface area contributed by atoms with Crippen molar-refractivity contribution in [3.05, 3.63) is 29.8 Å². The van der Waals surface area contributed by atoms with Crippen LogP contribution in [-0.2, 0) is 9.53 Å². The van der Waals surface area contributed by atoms with E-state index in [4.69, 9.17) is 0 Å². The smallest absolute Gasteiger partial charge is 0.261 e. The first-order valence-electron chi connectivity index (χ1n) is 5.76. The molecule has 19 heavy (non-hydrogen) atoms. The zero-order valence-electron chi connectivity index (χ0n) is 10.5. The average Bonchev–Trinajstić information content (AvgIpc) is 2.35. The molecular weight excluding hydrogens is 256 g/mol. The molecule has 0 saturated heterocycles. The number of ketones is 1. The summed E-state index contributed by atoms with van der Waals surface area (Å²) in [5.41, 5.74) is 0.818.